The number of likely N-dealkylation sites (N-methyl/N-ethyl adjacent to an activating group) is 1. The molecule has 0 radical (unpaired) electrons. The normalized spacial score (nSPS) is 36.0. The fourth-order valence-corrected chi connectivity index (χ4v) is 2.79. The third-order valence-electron chi connectivity index (χ3n) is 3.68. The molecule has 86 valence electrons. The fraction of sp³-hybridized carbons (Fsp3) is 0.909. The van der Waals surface area contributed by atoms with Gasteiger partial charge in [0.05, 0.1) is 18.2 Å². The van der Waals surface area contributed by atoms with Gasteiger partial charge in [-0.05, 0) is 26.2 Å². The second-order valence-electron chi connectivity index (χ2n) is 4.50. The van der Waals surface area contributed by atoms with Crippen LogP contribution in [0.25, 0.3) is 0 Å². The number of rotatable bonds is 2. The largest absolute Gasteiger partial charge is 0.378 e. The molecule has 0 amide bonds. The summed E-state index contributed by atoms with van der Waals surface area (Å²) in [7, 11) is 0. The van der Waals surface area contributed by atoms with Crippen molar-refractivity contribution in [2.24, 2.45) is 10.7 Å². The molecule has 0 saturated carbocycles. The van der Waals surface area contributed by atoms with Gasteiger partial charge in [-0.15, -0.1) is 0 Å². The lowest BCUT2D eigenvalue weighted by Gasteiger charge is -2.44. The molecule has 2 heterocycles. The highest BCUT2D eigenvalue weighted by Crippen LogP contribution is 2.35. The Hall–Kier alpha value is -0.770. The Labute approximate surface area is 91.5 Å². The molecule has 0 bridgehead atoms. The van der Waals surface area contributed by atoms with Crippen LogP contribution in [0.2, 0.25) is 0 Å². The Morgan fingerprint density at radius 2 is 2.40 bits per heavy atom. The molecule has 1 saturated heterocycles. The van der Waals surface area contributed by atoms with Crippen LogP contribution in [-0.2, 0) is 4.74 Å². The van der Waals surface area contributed by atoms with Gasteiger partial charge in [0.1, 0.15) is 0 Å². The number of nitrogens with zero attached hydrogens (tertiary/aromatic N) is 2. The van der Waals surface area contributed by atoms with Crippen LogP contribution < -0.4 is 5.73 Å². The van der Waals surface area contributed by atoms with Gasteiger partial charge >= 0.3 is 0 Å². The van der Waals surface area contributed by atoms with Crippen LogP contribution in [0.4, 0.5) is 0 Å². The summed E-state index contributed by atoms with van der Waals surface area (Å²) < 4.78 is 5.72. The molecule has 4 nitrogen and oxygen atoms in total. The van der Waals surface area contributed by atoms with Crippen molar-refractivity contribution in [1.82, 2.24) is 4.90 Å². The molecule has 15 heavy (non-hydrogen) atoms. The second kappa shape index (κ2) is 4.00. The topological polar surface area (TPSA) is 50.9 Å². The highest BCUT2D eigenvalue weighted by molar-refractivity contribution is 5.81. The smallest absolute Gasteiger partial charge is 0.191 e. The second-order valence-corrected chi connectivity index (χ2v) is 4.50. The monoisotopic (exact) mass is 211 g/mol. The van der Waals surface area contributed by atoms with Crippen LogP contribution in [0.15, 0.2) is 4.99 Å². The third-order valence-corrected chi connectivity index (χ3v) is 3.68. The summed E-state index contributed by atoms with van der Waals surface area (Å²) >= 11 is 0. The quantitative estimate of drug-likeness (QED) is 0.740. The fourth-order valence-electron chi connectivity index (χ4n) is 2.79. The molecule has 2 rings (SSSR count). The molecule has 1 fully saturated rings. The van der Waals surface area contributed by atoms with Gasteiger partial charge in [-0.3, -0.25) is 4.99 Å². The van der Waals surface area contributed by atoms with Gasteiger partial charge in [0.25, 0.3) is 0 Å². The minimum atomic E-state index is 0.164. The van der Waals surface area contributed by atoms with E-state index in [1.165, 1.54) is 0 Å². The third kappa shape index (κ3) is 1.71. The van der Waals surface area contributed by atoms with E-state index in [0.29, 0.717) is 12.1 Å². The average molecular weight is 211 g/mol. The molecule has 2 atom stereocenters. The summed E-state index contributed by atoms with van der Waals surface area (Å²) in [5.41, 5.74) is 6.08. The van der Waals surface area contributed by atoms with E-state index in [2.05, 4.69) is 23.7 Å². The van der Waals surface area contributed by atoms with Crippen molar-refractivity contribution in [2.45, 2.75) is 44.8 Å². The molecule has 4 heteroatoms. The molecule has 2 N–H and O–H groups in total. The molecular weight excluding hydrogens is 190 g/mol. The molecule has 0 aliphatic carbocycles. The molecule has 2 aliphatic heterocycles. The van der Waals surface area contributed by atoms with E-state index >= 15 is 0 Å². The van der Waals surface area contributed by atoms with E-state index in [4.69, 9.17) is 10.5 Å². The summed E-state index contributed by atoms with van der Waals surface area (Å²) in [6.07, 6.45) is 3.59. The van der Waals surface area contributed by atoms with Gasteiger partial charge in [-0.1, -0.05) is 6.92 Å². The summed E-state index contributed by atoms with van der Waals surface area (Å²) in [6, 6.07) is 0. The predicted octanol–water partition coefficient (Wildman–Crippen LogP) is 0.964. The Balaban J connectivity index is 2.13. The van der Waals surface area contributed by atoms with Crippen molar-refractivity contribution in [1.29, 1.82) is 0 Å². The zero-order valence-corrected chi connectivity index (χ0v) is 9.70. The number of aliphatic imine (C=N–C) groups is 1. The van der Waals surface area contributed by atoms with Crippen molar-refractivity contribution in [3.63, 3.8) is 0 Å². The van der Waals surface area contributed by atoms with E-state index in [-0.39, 0.29) is 5.54 Å². The first-order chi connectivity index (χ1) is 7.22. The van der Waals surface area contributed by atoms with Crippen LogP contribution in [0.5, 0.6) is 0 Å². The molecular formula is C11H21N3O. The van der Waals surface area contributed by atoms with Crippen LogP contribution in [0.1, 0.15) is 33.1 Å². The van der Waals surface area contributed by atoms with E-state index < -0.39 is 0 Å². The summed E-state index contributed by atoms with van der Waals surface area (Å²) in [5.74, 6) is 0.717. The number of nitrogens with two attached hydrogens (primary N) is 1. The van der Waals surface area contributed by atoms with Crippen LogP contribution in [0.3, 0.4) is 0 Å². The average Bonchev–Trinajstić information content (AvgIpc) is 2.55. The first kappa shape index (κ1) is 10.7. The molecule has 2 aliphatic rings. The van der Waals surface area contributed by atoms with Gasteiger partial charge in [0.15, 0.2) is 5.96 Å². The number of ether oxygens (including phenoxy) is 1. The maximum atomic E-state index is 5.92. The predicted molar refractivity (Wildman–Crippen MR) is 60.9 cm³/mol. The molecule has 0 aromatic heterocycles. The Morgan fingerprint density at radius 1 is 1.60 bits per heavy atom. The van der Waals surface area contributed by atoms with Gasteiger partial charge in [-0.25, -0.2) is 0 Å². The van der Waals surface area contributed by atoms with Crippen molar-refractivity contribution < 1.29 is 4.74 Å². The molecule has 0 aromatic rings. The van der Waals surface area contributed by atoms with E-state index in [0.717, 1.165) is 39.0 Å². The number of hydrogen-bond donors (Lipinski definition) is 1. The van der Waals surface area contributed by atoms with E-state index in [1.807, 2.05) is 0 Å². The maximum absolute atomic E-state index is 5.92. The number of hydrogen-bond acceptors (Lipinski definition) is 4. The highest BCUT2D eigenvalue weighted by atomic mass is 16.5. The summed E-state index contributed by atoms with van der Waals surface area (Å²) in [6.45, 7) is 6.97. The first-order valence-corrected chi connectivity index (χ1v) is 5.91. The molecule has 0 aromatic carbocycles. The van der Waals surface area contributed by atoms with Crippen LogP contribution in [0, 0.1) is 0 Å². The van der Waals surface area contributed by atoms with E-state index in [9.17, 15) is 0 Å². The van der Waals surface area contributed by atoms with Gasteiger partial charge < -0.3 is 15.4 Å². The van der Waals surface area contributed by atoms with Crippen molar-refractivity contribution >= 4 is 5.96 Å². The number of guanidine groups is 1. The van der Waals surface area contributed by atoms with Crippen molar-refractivity contribution in [3.8, 4) is 0 Å². The minimum absolute atomic E-state index is 0.164. The van der Waals surface area contributed by atoms with Crippen LogP contribution in [-0.4, -0.2) is 42.2 Å². The lowest BCUT2D eigenvalue weighted by Crippen LogP contribution is -2.56. The Morgan fingerprint density at radius 3 is 3.07 bits per heavy atom. The zero-order valence-electron chi connectivity index (χ0n) is 9.70. The lowest BCUT2D eigenvalue weighted by molar-refractivity contribution is -0.0476. The SMILES string of the molecule is CCC1CC2(CCO1)CN=C(N)N2CC. The van der Waals surface area contributed by atoms with Crippen molar-refractivity contribution in [2.75, 3.05) is 19.7 Å². The zero-order chi connectivity index (χ0) is 10.9. The lowest BCUT2D eigenvalue weighted by atomic mass is 9.85. The van der Waals surface area contributed by atoms with Gasteiger partial charge in [-0.2, -0.15) is 0 Å². The summed E-state index contributed by atoms with van der Waals surface area (Å²) in [4.78, 5) is 6.66. The Bertz CT molecular complexity index is 267. The van der Waals surface area contributed by atoms with Crippen LogP contribution >= 0.6 is 0 Å². The molecule has 1 spiro atoms. The minimum Gasteiger partial charge on any atom is -0.378 e. The maximum Gasteiger partial charge on any atom is 0.191 e. The molecule has 2 unspecified atom stereocenters. The summed E-state index contributed by atoms with van der Waals surface area (Å²) in [5, 5.41) is 0. The Kier molecular flexibility index (Phi) is 2.87. The van der Waals surface area contributed by atoms with E-state index in [1.54, 1.807) is 0 Å². The van der Waals surface area contributed by atoms with Gasteiger partial charge in [0.2, 0.25) is 0 Å². The highest BCUT2D eigenvalue weighted by Gasteiger charge is 2.44. The first-order valence-electron chi connectivity index (χ1n) is 5.91. The standard InChI is InChI=1S/C11H21N3O/c1-3-9-7-11(5-6-15-9)8-13-10(12)14(11)4-2/h9H,3-8H2,1-2H3,(H2,12,13). The van der Waals surface area contributed by atoms with Crippen molar-refractivity contribution in [3.05, 3.63) is 0 Å². The van der Waals surface area contributed by atoms with Gasteiger partial charge in [0, 0.05) is 13.2 Å².